The van der Waals surface area contributed by atoms with E-state index in [0.29, 0.717) is 0 Å². The molecule has 2 aromatic rings. The molecule has 0 N–H and O–H groups in total. The lowest BCUT2D eigenvalue weighted by Crippen LogP contribution is -2.21. The molecule has 3 rings (SSSR count). The van der Waals surface area contributed by atoms with Gasteiger partial charge in [0.15, 0.2) is 0 Å². The van der Waals surface area contributed by atoms with E-state index in [1.807, 2.05) is 61.6 Å². The van der Waals surface area contributed by atoms with Gasteiger partial charge in [-0.3, -0.25) is 4.68 Å². The first-order valence-electron chi connectivity index (χ1n) is 11.5. The van der Waals surface area contributed by atoms with Gasteiger partial charge in [-0.05, 0) is 57.5 Å². The maximum absolute atomic E-state index is 4.50. The molecule has 0 radical (unpaired) electrons. The molecule has 0 amide bonds. The van der Waals surface area contributed by atoms with Gasteiger partial charge in [-0.1, -0.05) is 67.5 Å². The molecule has 2 heterocycles. The normalized spacial score (nSPS) is 11.8. The number of likely N-dealkylation sites (tertiary alicyclic amines) is 1. The summed E-state index contributed by atoms with van der Waals surface area (Å²) in [7, 11) is 0. The Balaban J connectivity index is -0.000000548. The van der Waals surface area contributed by atoms with Crippen molar-refractivity contribution < 1.29 is 0 Å². The summed E-state index contributed by atoms with van der Waals surface area (Å²) < 4.78 is 2.15. The third kappa shape index (κ3) is 12.0. The predicted octanol–water partition coefficient (Wildman–Crippen LogP) is 7.74. The third-order valence-corrected chi connectivity index (χ3v) is 3.84. The Kier molecular flexibility index (Phi) is 26.0. The molecule has 1 saturated heterocycles. The number of aromatic nitrogens is 2. The van der Waals surface area contributed by atoms with E-state index in [0.717, 1.165) is 6.54 Å². The van der Waals surface area contributed by atoms with Crippen molar-refractivity contribution in [3.8, 4) is 0 Å². The first-order chi connectivity index (χ1) is 13.8. The number of aryl methyl sites for hydroxylation is 2. The molecular formula is C25H49N3. The van der Waals surface area contributed by atoms with Crippen LogP contribution in [0.1, 0.15) is 80.2 Å². The SMILES string of the molecule is C=C.CC.CC.CC.CC.Cc1ccc2cnn(CCCN3CCCC3)c2c1. The molecule has 1 aromatic carbocycles. The topological polar surface area (TPSA) is 21.1 Å². The lowest BCUT2D eigenvalue weighted by molar-refractivity contribution is 0.323. The second kappa shape index (κ2) is 23.4. The van der Waals surface area contributed by atoms with E-state index in [9.17, 15) is 0 Å². The number of nitrogens with zero attached hydrogens (tertiary/aromatic N) is 3. The minimum Gasteiger partial charge on any atom is -0.303 e. The quantitative estimate of drug-likeness (QED) is 0.497. The van der Waals surface area contributed by atoms with E-state index >= 15 is 0 Å². The first kappa shape index (κ1) is 31.1. The number of rotatable bonds is 4. The van der Waals surface area contributed by atoms with Gasteiger partial charge in [0.05, 0.1) is 11.7 Å². The van der Waals surface area contributed by atoms with Crippen LogP contribution < -0.4 is 0 Å². The molecule has 1 aromatic heterocycles. The minimum absolute atomic E-state index is 1.03. The Morgan fingerprint density at radius 2 is 1.39 bits per heavy atom. The Morgan fingerprint density at radius 3 is 1.93 bits per heavy atom. The maximum atomic E-state index is 4.50. The second-order valence-electron chi connectivity index (χ2n) is 5.33. The third-order valence-electron chi connectivity index (χ3n) is 3.84. The lowest BCUT2D eigenvalue weighted by Gasteiger charge is -2.14. The lowest BCUT2D eigenvalue weighted by atomic mass is 10.2. The van der Waals surface area contributed by atoms with Crippen LogP contribution in [0.3, 0.4) is 0 Å². The van der Waals surface area contributed by atoms with E-state index in [2.05, 4.69) is 53.0 Å². The Hall–Kier alpha value is -1.61. The molecule has 1 fully saturated rings. The van der Waals surface area contributed by atoms with Crippen LogP contribution in [0.5, 0.6) is 0 Å². The van der Waals surface area contributed by atoms with Crippen LogP contribution in [-0.2, 0) is 6.54 Å². The van der Waals surface area contributed by atoms with Crippen LogP contribution in [0.25, 0.3) is 10.9 Å². The molecule has 1 aliphatic heterocycles. The molecule has 0 atom stereocenters. The van der Waals surface area contributed by atoms with Gasteiger partial charge in [-0.15, -0.1) is 13.2 Å². The van der Waals surface area contributed by atoms with Crippen LogP contribution in [0, 0.1) is 6.92 Å². The van der Waals surface area contributed by atoms with Gasteiger partial charge < -0.3 is 4.90 Å². The van der Waals surface area contributed by atoms with Crippen LogP contribution in [-0.4, -0.2) is 34.3 Å². The molecule has 1 aliphatic rings. The molecule has 28 heavy (non-hydrogen) atoms. The highest BCUT2D eigenvalue weighted by Gasteiger charge is 2.10. The van der Waals surface area contributed by atoms with E-state index in [-0.39, 0.29) is 0 Å². The van der Waals surface area contributed by atoms with Crippen molar-refractivity contribution in [2.75, 3.05) is 19.6 Å². The summed E-state index contributed by atoms with van der Waals surface area (Å²) >= 11 is 0. The summed E-state index contributed by atoms with van der Waals surface area (Å²) in [5.41, 5.74) is 2.58. The zero-order valence-corrected chi connectivity index (χ0v) is 20.5. The molecule has 164 valence electrons. The monoisotopic (exact) mass is 391 g/mol. The van der Waals surface area contributed by atoms with Gasteiger partial charge in [0.25, 0.3) is 0 Å². The highest BCUT2D eigenvalue weighted by atomic mass is 15.3. The van der Waals surface area contributed by atoms with Crippen molar-refractivity contribution in [1.82, 2.24) is 14.7 Å². The average molecular weight is 392 g/mol. The Morgan fingerprint density at radius 1 is 0.857 bits per heavy atom. The highest BCUT2D eigenvalue weighted by Crippen LogP contribution is 2.16. The van der Waals surface area contributed by atoms with Gasteiger partial charge in [0.2, 0.25) is 0 Å². The van der Waals surface area contributed by atoms with Crippen molar-refractivity contribution in [3.05, 3.63) is 43.1 Å². The molecule has 0 unspecified atom stereocenters. The van der Waals surface area contributed by atoms with E-state index in [1.165, 1.54) is 55.4 Å². The Bertz CT molecular complexity index is 540. The maximum Gasteiger partial charge on any atom is 0.0685 e. The number of benzene rings is 1. The van der Waals surface area contributed by atoms with E-state index in [4.69, 9.17) is 0 Å². The van der Waals surface area contributed by atoms with Crippen molar-refractivity contribution >= 4 is 10.9 Å². The minimum atomic E-state index is 1.03. The summed E-state index contributed by atoms with van der Waals surface area (Å²) in [6.07, 6.45) is 5.93. The zero-order chi connectivity index (χ0) is 22.4. The fourth-order valence-electron chi connectivity index (χ4n) is 2.81. The standard InChI is InChI=1S/C15H21N3.4C2H6.C2H4/c1-13-5-6-14-12-16-18(15(14)11-13)10-4-9-17-7-2-3-8-17;5*1-2/h5-6,11-12H,2-4,7-10H2,1H3;4*1-2H3;1-2H2. The molecule has 0 saturated carbocycles. The number of fused-ring (bicyclic) bond motifs is 1. The fraction of sp³-hybridized carbons (Fsp3) is 0.640. The van der Waals surface area contributed by atoms with Crippen molar-refractivity contribution in [2.45, 2.75) is 88.1 Å². The number of hydrogen-bond donors (Lipinski definition) is 0. The molecule has 3 heteroatoms. The summed E-state index contributed by atoms with van der Waals surface area (Å²) in [5, 5.41) is 5.75. The summed E-state index contributed by atoms with van der Waals surface area (Å²) in [6, 6.07) is 6.55. The van der Waals surface area contributed by atoms with E-state index in [1.54, 1.807) is 0 Å². The van der Waals surface area contributed by atoms with Crippen molar-refractivity contribution in [2.24, 2.45) is 0 Å². The van der Waals surface area contributed by atoms with Crippen LogP contribution in [0.4, 0.5) is 0 Å². The largest absolute Gasteiger partial charge is 0.303 e. The molecule has 3 nitrogen and oxygen atoms in total. The summed E-state index contributed by atoms with van der Waals surface area (Å²) in [4.78, 5) is 2.57. The van der Waals surface area contributed by atoms with Gasteiger partial charge in [-0.25, -0.2) is 0 Å². The second-order valence-corrected chi connectivity index (χ2v) is 5.33. The molecule has 0 aliphatic carbocycles. The van der Waals surface area contributed by atoms with Crippen LogP contribution in [0.2, 0.25) is 0 Å². The van der Waals surface area contributed by atoms with Gasteiger partial charge >= 0.3 is 0 Å². The van der Waals surface area contributed by atoms with Gasteiger partial charge in [0.1, 0.15) is 0 Å². The first-order valence-corrected chi connectivity index (χ1v) is 11.5. The van der Waals surface area contributed by atoms with Crippen LogP contribution in [0.15, 0.2) is 37.6 Å². The summed E-state index contributed by atoms with van der Waals surface area (Å²) in [6.45, 7) is 29.0. The molecule has 0 bridgehead atoms. The van der Waals surface area contributed by atoms with Gasteiger partial charge in [-0.2, -0.15) is 5.10 Å². The van der Waals surface area contributed by atoms with Gasteiger partial charge in [0, 0.05) is 11.9 Å². The Labute approximate surface area is 176 Å². The molecule has 0 spiro atoms. The fourth-order valence-corrected chi connectivity index (χ4v) is 2.81. The van der Waals surface area contributed by atoms with E-state index < -0.39 is 0 Å². The van der Waals surface area contributed by atoms with Crippen molar-refractivity contribution in [1.29, 1.82) is 0 Å². The highest BCUT2D eigenvalue weighted by molar-refractivity contribution is 5.79. The zero-order valence-electron chi connectivity index (χ0n) is 20.5. The summed E-state index contributed by atoms with van der Waals surface area (Å²) in [5.74, 6) is 0. The van der Waals surface area contributed by atoms with Crippen LogP contribution >= 0.6 is 0 Å². The number of hydrogen-bond acceptors (Lipinski definition) is 2. The molecular weight excluding hydrogens is 342 g/mol. The average Bonchev–Trinajstić information content (AvgIpc) is 3.46. The van der Waals surface area contributed by atoms with Crippen molar-refractivity contribution in [3.63, 3.8) is 0 Å². The smallest absolute Gasteiger partial charge is 0.0685 e. The predicted molar refractivity (Wildman–Crippen MR) is 131 cm³/mol.